The van der Waals surface area contributed by atoms with Crippen LogP contribution in [-0.4, -0.2) is 74.6 Å². The molecule has 1 N–H and O–H groups in total. The number of hydrogen-bond donors (Lipinski definition) is 1. The quantitative estimate of drug-likeness (QED) is 0.850. The van der Waals surface area contributed by atoms with Crippen molar-refractivity contribution in [2.24, 2.45) is 5.41 Å². The maximum atomic E-state index is 13.3. The van der Waals surface area contributed by atoms with Crippen molar-refractivity contribution in [3.63, 3.8) is 0 Å². The van der Waals surface area contributed by atoms with Crippen LogP contribution in [0, 0.1) is 5.41 Å². The van der Waals surface area contributed by atoms with Crippen LogP contribution in [-0.2, 0) is 9.53 Å². The molecule has 0 aliphatic carbocycles. The zero-order valence-electron chi connectivity index (χ0n) is 15.9. The summed E-state index contributed by atoms with van der Waals surface area (Å²) in [6.07, 6.45) is 2.36. The van der Waals surface area contributed by atoms with Crippen LogP contribution in [0.4, 0.5) is 0 Å². The predicted molar refractivity (Wildman–Crippen MR) is 105 cm³/mol. The Hall–Kier alpha value is -1.63. The molecule has 6 nitrogen and oxygen atoms in total. The van der Waals surface area contributed by atoms with Crippen LogP contribution in [0.1, 0.15) is 29.6 Å². The zero-order chi connectivity index (χ0) is 19.3. The van der Waals surface area contributed by atoms with Crippen LogP contribution in [0.25, 0.3) is 0 Å². The predicted octanol–water partition coefficient (Wildman–Crippen LogP) is 2.03. The Kier molecular flexibility index (Phi) is 6.73. The number of ether oxygens (including phenoxy) is 1. The van der Waals surface area contributed by atoms with Gasteiger partial charge in [0, 0.05) is 43.9 Å². The van der Waals surface area contributed by atoms with Crippen molar-refractivity contribution in [3.8, 4) is 0 Å². The van der Waals surface area contributed by atoms with Crippen LogP contribution in [0.15, 0.2) is 24.3 Å². The van der Waals surface area contributed by atoms with Crippen LogP contribution < -0.4 is 5.32 Å². The number of nitrogens with one attached hydrogen (secondary N) is 1. The molecule has 0 unspecified atom stereocenters. The van der Waals surface area contributed by atoms with Gasteiger partial charge in [0.15, 0.2) is 0 Å². The number of methoxy groups -OCH3 is 1. The fourth-order valence-electron chi connectivity index (χ4n) is 4.06. The van der Waals surface area contributed by atoms with Crippen LogP contribution >= 0.6 is 11.6 Å². The van der Waals surface area contributed by atoms with Gasteiger partial charge in [0.1, 0.15) is 0 Å². The van der Waals surface area contributed by atoms with E-state index in [0.717, 1.165) is 32.4 Å². The van der Waals surface area contributed by atoms with E-state index in [-0.39, 0.29) is 11.8 Å². The van der Waals surface area contributed by atoms with E-state index in [2.05, 4.69) is 5.32 Å². The minimum Gasteiger partial charge on any atom is -0.384 e. The average Bonchev–Trinajstić information content (AvgIpc) is 2.94. The molecule has 2 fully saturated rings. The van der Waals surface area contributed by atoms with E-state index < -0.39 is 5.41 Å². The van der Waals surface area contributed by atoms with Crippen molar-refractivity contribution in [2.75, 3.05) is 53.0 Å². The number of carbonyl (C=O) groups is 2. The first-order chi connectivity index (χ1) is 13.1. The number of hydrogen-bond acceptors (Lipinski definition) is 4. The largest absolute Gasteiger partial charge is 0.384 e. The van der Waals surface area contributed by atoms with E-state index in [1.165, 1.54) is 0 Å². The lowest BCUT2D eigenvalue weighted by Gasteiger charge is -2.39. The third-order valence-electron chi connectivity index (χ3n) is 5.58. The van der Waals surface area contributed by atoms with Crippen LogP contribution in [0.3, 0.4) is 0 Å². The summed E-state index contributed by atoms with van der Waals surface area (Å²) in [6.45, 7) is 4.55. The fraction of sp³-hybridized carbons (Fsp3) is 0.600. The number of piperidine rings is 1. The first-order valence-electron chi connectivity index (χ1n) is 9.60. The highest BCUT2D eigenvalue weighted by Crippen LogP contribution is 2.32. The van der Waals surface area contributed by atoms with Gasteiger partial charge in [0.2, 0.25) is 5.91 Å². The average molecular weight is 394 g/mol. The summed E-state index contributed by atoms with van der Waals surface area (Å²) in [6, 6.07) is 7.02. The Morgan fingerprint density at radius 1 is 1.15 bits per heavy atom. The summed E-state index contributed by atoms with van der Waals surface area (Å²) >= 11 is 6.02. The minimum absolute atomic E-state index is 0.0275. The van der Waals surface area contributed by atoms with Gasteiger partial charge in [0.05, 0.1) is 12.0 Å². The van der Waals surface area contributed by atoms with Crippen molar-refractivity contribution in [3.05, 3.63) is 34.9 Å². The lowest BCUT2D eigenvalue weighted by Crippen LogP contribution is -2.52. The molecule has 0 bridgehead atoms. The number of rotatable bonds is 4. The van der Waals surface area contributed by atoms with Crippen molar-refractivity contribution in [2.45, 2.75) is 19.3 Å². The van der Waals surface area contributed by atoms with E-state index in [9.17, 15) is 9.59 Å². The van der Waals surface area contributed by atoms with E-state index in [1.807, 2.05) is 9.80 Å². The first-order valence-corrected chi connectivity index (χ1v) is 9.97. The molecule has 0 spiro atoms. The highest BCUT2D eigenvalue weighted by molar-refractivity contribution is 6.30. The molecule has 2 heterocycles. The van der Waals surface area contributed by atoms with Crippen molar-refractivity contribution in [1.29, 1.82) is 0 Å². The molecule has 1 aromatic rings. The lowest BCUT2D eigenvalue weighted by atomic mass is 9.78. The molecule has 2 saturated heterocycles. The van der Waals surface area contributed by atoms with Gasteiger partial charge in [-0.3, -0.25) is 9.59 Å². The van der Waals surface area contributed by atoms with Crippen LogP contribution in [0.2, 0.25) is 5.02 Å². The van der Waals surface area contributed by atoms with Gasteiger partial charge in [-0.15, -0.1) is 0 Å². The van der Waals surface area contributed by atoms with Crippen LogP contribution in [0.5, 0.6) is 0 Å². The van der Waals surface area contributed by atoms with Crippen molar-refractivity contribution in [1.82, 2.24) is 15.1 Å². The first kappa shape index (κ1) is 20.1. The molecule has 0 aromatic heterocycles. The van der Waals surface area contributed by atoms with Gasteiger partial charge in [-0.2, -0.15) is 0 Å². The SMILES string of the molecule is COCC1(C(=O)N2CCCN(C(=O)c3cccc(Cl)c3)CC2)CCNCC1. The topological polar surface area (TPSA) is 61.9 Å². The number of carbonyl (C=O) groups excluding carboxylic acids is 2. The Morgan fingerprint density at radius 2 is 1.85 bits per heavy atom. The van der Waals surface area contributed by atoms with Gasteiger partial charge < -0.3 is 19.9 Å². The Bertz CT molecular complexity index is 671. The second-order valence-corrected chi connectivity index (χ2v) is 7.85. The smallest absolute Gasteiger partial charge is 0.253 e. The summed E-state index contributed by atoms with van der Waals surface area (Å²) in [7, 11) is 1.66. The number of benzene rings is 1. The number of halogens is 1. The maximum Gasteiger partial charge on any atom is 0.253 e. The van der Waals surface area contributed by atoms with Gasteiger partial charge in [-0.1, -0.05) is 17.7 Å². The normalized spacial score (nSPS) is 20.2. The molecule has 148 valence electrons. The summed E-state index contributed by atoms with van der Waals surface area (Å²) < 4.78 is 5.40. The molecular formula is C20H28ClN3O3. The number of amides is 2. The molecule has 7 heteroatoms. The summed E-state index contributed by atoms with van der Waals surface area (Å²) in [5.74, 6) is 0.142. The zero-order valence-corrected chi connectivity index (χ0v) is 16.6. The van der Waals surface area contributed by atoms with E-state index in [4.69, 9.17) is 16.3 Å². The molecule has 2 aliphatic rings. The third-order valence-corrected chi connectivity index (χ3v) is 5.81. The summed E-state index contributed by atoms with van der Waals surface area (Å²) in [5, 5.41) is 3.88. The second kappa shape index (κ2) is 9.04. The lowest BCUT2D eigenvalue weighted by molar-refractivity contribution is -0.147. The molecule has 3 rings (SSSR count). The van der Waals surface area contributed by atoms with Gasteiger partial charge in [-0.05, 0) is 50.6 Å². The summed E-state index contributed by atoms with van der Waals surface area (Å²) in [5.41, 5.74) is 0.156. The molecule has 27 heavy (non-hydrogen) atoms. The highest BCUT2D eigenvalue weighted by atomic mass is 35.5. The Balaban J connectivity index is 1.67. The number of nitrogens with zero attached hydrogens (tertiary/aromatic N) is 2. The van der Waals surface area contributed by atoms with E-state index >= 15 is 0 Å². The maximum absolute atomic E-state index is 13.3. The standard InChI is InChI=1S/C20H28ClN3O3/c1-27-15-20(6-8-22-9-7-20)19(26)24-11-3-10-23(12-13-24)18(25)16-4-2-5-17(21)14-16/h2,4-5,14,22H,3,6-13,15H2,1H3. The molecule has 0 radical (unpaired) electrons. The Labute approximate surface area is 165 Å². The Morgan fingerprint density at radius 3 is 2.56 bits per heavy atom. The molecular weight excluding hydrogens is 366 g/mol. The van der Waals surface area contributed by atoms with Crippen molar-refractivity contribution < 1.29 is 14.3 Å². The monoisotopic (exact) mass is 393 g/mol. The molecule has 2 aliphatic heterocycles. The van der Waals surface area contributed by atoms with Gasteiger partial charge in [-0.25, -0.2) is 0 Å². The van der Waals surface area contributed by atoms with Gasteiger partial charge >= 0.3 is 0 Å². The minimum atomic E-state index is -0.438. The van der Waals surface area contributed by atoms with E-state index in [1.54, 1.807) is 31.4 Å². The van der Waals surface area contributed by atoms with Gasteiger partial charge in [0.25, 0.3) is 5.91 Å². The van der Waals surface area contributed by atoms with Crippen molar-refractivity contribution >= 4 is 23.4 Å². The second-order valence-electron chi connectivity index (χ2n) is 7.41. The molecule has 0 saturated carbocycles. The molecule has 1 aromatic carbocycles. The fourth-order valence-corrected chi connectivity index (χ4v) is 4.25. The summed E-state index contributed by atoms with van der Waals surface area (Å²) in [4.78, 5) is 29.8. The van der Waals surface area contributed by atoms with E-state index in [0.29, 0.717) is 43.4 Å². The molecule has 0 atom stereocenters. The molecule has 2 amide bonds. The highest BCUT2D eigenvalue weighted by Gasteiger charge is 2.42. The third kappa shape index (κ3) is 4.62.